The molecule has 0 aliphatic heterocycles. The number of hydrogen-bond donors (Lipinski definition) is 0. The van der Waals surface area contributed by atoms with Crippen molar-refractivity contribution in [3.8, 4) is 17.2 Å². The molecule has 0 aliphatic rings. The van der Waals surface area contributed by atoms with Gasteiger partial charge in [-0.05, 0) is 47.9 Å². The van der Waals surface area contributed by atoms with E-state index in [0.717, 1.165) is 32.7 Å². The van der Waals surface area contributed by atoms with E-state index in [2.05, 4.69) is 0 Å². The summed E-state index contributed by atoms with van der Waals surface area (Å²) >= 11 is 0. The van der Waals surface area contributed by atoms with Crippen LogP contribution in [0.4, 0.5) is 0 Å². The van der Waals surface area contributed by atoms with Gasteiger partial charge in [0.2, 0.25) is 0 Å². The maximum atomic E-state index is 14.2. The first kappa shape index (κ1) is 21.1. The highest BCUT2D eigenvalue weighted by Gasteiger charge is 2.35. The van der Waals surface area contributed by atoms with Crippen LogP contribution in [0.5, 0.6) is 17.2 Å². The monoisotopic (exact) mass is 454 g/mol. The summed E-state index contributed by atoms with van der Waals surface area (Å²) in [5.74, 6) is 1.35. The molecule has 5 rings (SSSR count). The number of hydrogen-bond acceptors (Lipinski definition) is 4. The second-order valence-electron chi connectivity index (χ2n) is 7.90. The third-order valence-corrected chi connectivity index (χ3v) is 6.78. The predicted octanol–water partition coefficient (Wildman–Crippen LogP) is 8.25. The van der Waals surface area contributed by atoms with Crippen molar-refractivity contribution < 1.29 is 18.1 Å². The van der Waals surface area contributed by atoms with Gasteiger partial charge in [0, 0.05) is 10.8 Å². The van der Waals surface area contributed by atoms with E-state index in [9.17, 15) is 4.57 Å². The Morgan fingerprint density at radius 3 is 1.45 bits per heavy atom. The molecule has 0 fully saturated rings. The molecule has 4 nitrogen and oxygen atoms in total. The zero-order valence-electron chi connectivity index (χ0n) is 18.4. The Labute approximate surface area is 193 Å². The van der Waals surface area contributed by atoms with Gasteiger partial charge in [0.25, 0.3) is 0 Å². The molecule has 0 N–H and O–H groups in total. The average Bonchev–Trinajstić information content (AvgIpc) is 2.82. The van der Waals surface area contributed by atoms with Gasteiger partial charge in [-0.3, -0.25) is 0 Å². The van der Waals surface area contributed by atoms with Crippen LogP contribution < -0.4 is 13.6 Å². The molecule has 0 bridgehead atoms. The molecule has 0 aliphatic carbocycles. The summed E-state index contributed by atoms with van der Waals surface area (Å²) in [7, 11) is -4.15. The van der Waals surface area contributed by atoms with Crippen molar-refractivity contribution in [1.82, 2.24) is 0 Å². The van der Waals surface area contributed by atoms with Crippen LogP contribution in [0.25, 0.3) is 21.5 Å². The third-order valence-electron chi connectivity index (χ3n) is 5.53. The van der Waals surface area contributed by atoms with Gasteiger partial charge in [0.15, 0.2) is 0 Å². The van der Waals surface area contributed by atoms with E-state index < -0.39 is 7.82 Å². The van der Waals surface area contributed by atoms with Gasteiger partial charge in [-0.25, -0.2) is 0 Å². The highest BCUT2D eigenvalue weighted by molar-refractivity contribution is 7.49. The van der Waals surface area contributed by atoms with Crippen molar-refractivity contribution >= 4 is 29.4 Å². The van der Waals surface area contributed by atoms with Crippen LogP contribution in [0.15, 0.2) is 103 Å². The fraction of sp³-hybridized carbons (Fsp3) is 0.0714. The molecule has 5 heteroatoms. The Bertz CT molecular complexity index is 1390. The molecule has 0 heterocycles. The number of phosphoric acid groups is 1. The summed E-state index contributed by atoms with van der Waals surface area (Å²) in [6, 6.07) is 32.5. The topological polar surface area (TPSA) is 44.8 Å². The molecular formula is C28H23O4P. The van der Waals surface area contributed by atoms with E-state index in [1.807, 2.05) is 105 Å². The number of fused-ring (bicyclic) bond motifs is 2. The molecule has 0 unspecified atom stereocenters. The lowest BCUT2D eigenvalue weighted by molar-refractivity contribution is 0.299. The van der Waals surface area contributed by atoms with E-state index >= 15 is 0 Å². The van der Waals surface area contributed by atoms with Gasteiger partial charge in [-0.2, -0.15) is 4.57 Å². The molecule has 5 aromatic rings. The molecule has 0 amide bonds. The highest BCUT2D eigenvalue weighted by atomic mass is 31.2. The fourth-order valence-electron chi connectivity index (χ4n) is 3.90. The summed E-state index contributed by atoms with van der Waals surface area (Å²) in [6.45, 7) is 3.81. The van der Waals surface area contributed by atoms with Crippen LogP contribution in [0.1, 0.15) is 11.1 Å². The Morgan fingerprint density at radius 2 is 0.939 bits per heavy atom. The first-order valence-electron chi connectivity index (χ1n) is 10.7. The Kier molecular flexibility index (Phi) is 5.53. The van der Waals surface area contributed by atoms with Gasteiger partial charge in [0.1, 0.15) is 17.2 Å². The van der Waals surface area contributed by atoms with E-state index in [-0.39, 0.29) is 0 Å². The number of para-hydroxylation sites is 1. The molecule has 0 radical (unpaired) electrons. The second kappa shape index (κ2) is 8.65. The van der Waals surface area contributed by atoms with Gasteiger partial charge < -0.3 is 13.6 Å². The number of rotatable bonds is 6. The van der Waals surface area contributed by atoms with E-state index in [0.29, 0.717) is 17.2 Å². The first-order valence-corrected chi connectivity index (χ1v) is 12.2. The summed E-state index contributed by atoms with van der Waals surface area (Å²) < 4.78 is 32.5. The smallest absolute Gasteiger partial charge is 0.385 e. The van der Waals surface area contributed by atoms with Crippen LogP contribution in [0, 0.1) is 13.8 Å². The van der Waals surface area contributed by atoms with E-state index in [1.165, 1.54) is 0 Å². The summed E-state index contributed by atoms with van der Waals surface area (Å²) in [4.78, 5) is 0. The van der Waals surface area contributed by atoms with Gasteiger partial charge in [0.05, 0.1) is 0 Å². The first-order chi connectivity index (χ1) is 16.0. The van der Waals surface area contributed by atoms with Crippen molar-refractivity contribution in [3.05, 3.63) is 114 Å². The van der Waals surface area contributed by atoms with Gasteiger partial charge in [-0.15, -0.1) is 0 Å². The van der Waals surface area contributed by atoms with Crippen LogP contribution in [0.3, 0.4) is 0 Å². The van der Waals surface area contributed by atoms with Crippen molar-refractivity contribution in [2.45, 2.75) is 13.8 Å². The van der Waals surface area contributed by atoms with E-state index in [1.54, 1.807) is 12.1 Å². The van der Waals surface area contributed by atoms with Crippen LogP contribution in [-0.2, 0) is 4.57 Å². The molecular weight excluding hydrogens is 431 g/mol. The summed E-state index contributed by atoms with van der Waals surface area (Å²) in [6.07, 6.45) is 0. The number of benzene rings is 5. The minimum absolute atomic E-state index is 0.433. The molecule has 0 aromatic heterocycles. The lowest BCUT2D eigenvalue weighted by Gasteiger charge is -2.22. The Hall–Kier alpha value is -3.75. The van der Waals surface area contributed by atoms with Gasteiger partial charge in [-0.1, -0.05) is 91.0 Å². The molecule has 164 valence electrons. The minimum Gasteiger partial charge on any atom is -0.385 e. The summed E-state index contributed by atoms with van der Waals surface area (Å²) in [5.41, 5.74) is 1.69. The predicted molar refractivity (Wildman–Crippen MR) is 133 cm³/mol. The zero-order valence-corrected chi connectivity index (χ0v) is 19.3. The molecule has 0 saturated carbocycles. The third kappa shape index (κ3) is 4.30. The molecule has 0 spiro atoms. The van der Waals surface area contributed by atoms with Crippen molar-refractivity contribution in [2.24, 2.45) is 0 Å². The average molecular weight is 454 g/mol. The van der Waals surface area contributed by atoms with Crippen molar-refractivity contribution in [1.29, 1.82) is 0 Å². The maximum absolute atomic E-state index is 14.2. The Balaban J connectivity index is 1.62. The van der Waals surface area contributed by atoms with Crippen molar-refractivity contribution in [3.63, 3.8) is 0 Å². The number of phosphoric ester groups is 1. The number of aryl methyl sites for hydroxylation is 2. The van der Waals surface area contributed by atoms with Crippen molar-refractivity contribution in [2.75, 3.05) is 0 Å². The largest absolute Gasteiger partial charge is 0.647 e. The molecule has 33 heavy (non-hydrogen) atoms. The zero-order chi connectivity index (χ0) is 22.8. The minimum atomic E-state index is -4.15. The van der Waals surface area contributed by atoms with Gasteiger partial charge >= 0.3 is 7.82 Å². The highest BCUT2D eigenvalue weighted by Crippen LogP contribution is 2.53. The van der Waals surface area contributed by atoms with Crippen LogP contribution >= 0.6 is 7.82 Å². The lowest BCUT2D eigenvalue weighted by atomic mass is 10.1. The summed E-state index contributed by atoms with van der Waals surface area (Å²) in [5, 5.41) is 3.59. The molecule has 5 aromatic carbocycles. The molecule has 0 saturated heterocycles. The Morgan fingerprint density at radius 1 is 0.515 bits per heavy atom. The standard InChI is InChI=1S/C28H23O4P/c1-20-10-7-11-21(2)28(20)32-33(29,30-26-18-8-14-22-12-3-5-16-24(22)26)31-27-19-9-15-23-13-4-6-17-25(23)27/h3-19H,1-2H3. The van der Waals surface area contributed by atoms with E-state index in [4.69, 9.17) is 13.6 Å². The lowest BCUT2D eigenvalue weighted by Crippen LogP contribution is -2.09. The van der Waals surface area contributed by atoms with Crippen LogP contribution in [-0.4, -0.2) is 0 Å². The van der Waals surface area contributed by atoms with Crippen LogP contribution in [0.2, 0.25) is 0 Å². The fourth-order valence-corrected chi connectivity index (χ4v) is 5.33. The SMILES string of the molecule is Cc1cccc(C)c1OP(=O)(Oc1cccc2ccccc12)Oc1cccc2ccccc12. The normalized spacial score (nSPS) is 11.5. The molecule has 0 atom stereocenters. The second-order valence-corrected chi connectivity index (χ2v) is 9.34. The quantitative estimate of drug-likeness (QED) is 0.242. The maximum Gasteiger partial charge on any atom is 0.647 e.